The largest absolute Gasteiger partial charge is 0.382 e. The first-order valence-electron chi connectivity index (χ1n) is 6.47. The third-order valence-corrected chi connectivity index (χ3v) is 4.02. The van der Waals surface area contributed by atoms with Crippen molar-refractivity contribution < 1.29 is 4.79 Å². The van der Waals surface area contributed by atoms with Crippen LogP contribution >= 0.6 is 0 Å². The normalized spacial score (nSPS) is 17.1. The van der Waals surface area contributed by atoms with Gasteiger partial charge in [0, 0.05) is 19.1 Å². The van der Waals surface area contributed by atoms with Gasteiger partial charge in [-0.05, 0) is 45.5 Å². The first-order chi connectivity index (χ1) is 8.94. The first-order valence-corrected chi connectivity index (χ1v) is 6.47. The van der Waals surface area contributed by atoms with Crippen molar-refractivity contribution in [3.05, 3.63) is 17.8 Å². The Bertz CT molecular complexity index is 453. The molecule has 0 saturated heterocycles. The Balaban J connectivity index is 2.05. The smallest absolute Gasteiger partial charge is 0.274 e. The number of amides is 1. The Kier molecular flexibility index (Phi) is 3.71. The third-order valence-electron chi connectivity index (χ3n) is 4.02. The molecular weight excluding hydrogens is 242 g/mol. The molecule has 104 valence electrons. The van der Waals surface area contributed by atoms with E-state index in [4.69, 9.17) is 5.73 Å². The quantitative estimate of drug-likeness (QED) is 0.861. The maximum absolute atomic E-state index is 12.3. The summed E-state index contributed by atoms with van der Waals surface area (Å²) in [6.45, 7) is 0.713. The molecule has 6 heteroatoms. The van der Waals surface area contributed by atoms with Crippen LogP contribution in [0.5, 0.6) is 0 Å². The van der Waals surface area contributed by atoms with E-state index in [2.05, 4.69) is 29.2 Å². The number of likely N-dealkylation sites (N-methyl/N-ethyl adjacent to an activating group) is 2. The van der Waals surface area contributed by atoms with E-state index < -0.39 is 0 Å². The first kappa shape index (κ1) is 13.7. The Hall–Kier alpha value is -1.69. The molecule has 0 spiro atoms. The van der Waals surface area contributed by atoms with Crippen LogP contribution in [-0.2, 0) is 0 Å². The molecule has 1 amide bonds. The fourth-order valence-corrected chi connectivity index (χ4v) is 2.50. The van der Waals surface area contributed by atoms with Crippen molar-refractivity contribution in [1.29, 1.82) is 0 Å². The summed E-state index contributed by atoms with van der Waals surface area (Å²) >= 11 is 0. The molecule has 0 aliphatic heterocycles. The van der Waals surface area contributed by atoms with Gasteiger partial charge in [0.2, 0.25) is 0 Å². The van der Waals surface area contributed by atoms with Crippen molar-refractivity contribution in [3.8, 4) is 0 Å². The van der Waals surface area contributed by atoms with Crippen molar-refractivity contribution in [3.63, 3.8) is 0 Å². The van der Waals surface area contributed by atoms with E-state index in [9.17, 15) is 4.79 Å². The highest BCUT2D eigenvalue weighted by Gasteiger charge is 2.40. The van der Waals surface area contributed by atoms with Crippen LogP contribution in [-0.4, -0.2) is 59.1 Å². The van der Waals surface area contributed by atoms with Crippen LogP contribution in [0, 0.1) is 0 Å². The lowest BCUT2D eigenvalue weighted by molar-refractivity contribution is 0.0249. The summed E-state index contributed by atoms with van der Waals surface area (Å²) in [5, 5.41) is 7.56. The molecule has 0 aromatic carbocycles. The molecule has 0 unspecified atom stereocenters. The Morgan fingerprint density at radius 3 is 2.42 bits per heavy atom. The Labute approximate surface area is 113 Å². The highest BCUT2D eigenvalue weighted by Crippen LogP contribution is 2.36. The number of rotatable bonds is 4. The second-order valence-corrected chi connectivity index (χ2v) is 5.48. The van der Waals surface area contributed by atoms with Gasteiger partial charge in [0.25, 0.3) is 5.91 Å². The van der Waals surface area contributed by atoms with Crippen LogP contribution in [0.2, 0.25) is 0 Å². The van der Waals surface area contributed by atoms with Gasteiger partial charge in [-0.2, -0.15) is 0 Å². The van der Waals surface area contributed by atoms with Crippen LogP contribution in [0.1, 0.15) is 29.8 Å². The summed E-state index contributed by atoms with van der Waals surface area (Å²) in [5.74, 6) is 0.212. The summed E-state index contributed by atoms with van der Waals surface area (Å²) in [4.78, 5) is 16.2. The van der Waals surface area contributed by atoms with Crippen molar-refractivity contribution in [2.75, 3.05) is 33.4 Å². The van der Waals surface area contributed by atoms with E-state index in [1.165, 1.54) is 6.42 Å². The minimum Gasteiger partial charge on any atom is -0.382 e. The molecule has 2 N–H and O–H groups in total. The lowest BCUT2D eigenvalue weighted by Gasteiger charge is -2.49. The van der Waals surface area contributed by atoms with Crippen LogP contribution in [0.25, 0.3) is 0 Å². The Morgan fingerprint density at radius 2 is 2.00 bits per heavy atom. The number of hydrogen-bond acceptors (Lipinski definition) is 5. The van der Waals surface area contributed by atoms with E-state index in [1.54, 1.807) is 17.0 Å². The van der Waals surface area contributed by atoms with Gasteiger partial charge in [0.1, 0.15) is 5.82 Å². The maximum Gasteiger partial charge on any atom is 0.274 e. The average molecular weight is 263 g/mol. The summed E-state index contributed by atoms with van der Waals surface area (Å²) in [5.41, 5.74) is 5.92. The van der Waals surface area contributed by atoms with E-state index in [0.29, 0.717) is 18.1 Å². The molecule has 1 fully saturated rings. The topological polar surface area (TPSA) is 75.3 Å². The zero-order chi connectivity index (χ0) is 14.0. The molecule has 1 aliphatic carbocycles. The minimum atomic E-state index is -0.111. The fourth-order valence-electron chi connectivity index (χ4n) is 2.50. The summed E-state index contributed by atoms with van der Waals surface area (Å²) in [6, 6.07) is 3.21. The van der Waals surface area contributed by atoms with E-state index in [-0.39, 0.29) is 11.4 Å². The number of carbonyl (C=O) groups excluding carboxylic acids is 1. The van der Waals surface area contributed by atoms with Gasteiger partial charge in [-0.3, -0.25) is 4.79 Å². The molecule has 1 aromatic rings. The third kappa shape index (κ3) is 2.68. The van der Waals surface area contributed by atoms with Crippen LogP contribution < -0.4 is 5.73 Å². The van der Waals surface area contributed by atoms with Gasteiger partial charge in [-0.1, -0.05) is 0 Å². The molecule has 1 aliphatic rings. The molecule has 6 nitrogen and oxygen atoms in total. The zero-order valence-electron chi connectivity index (χ0n) is 11.8. The number of nitrogens with two attached hydrogens (primary N) is 1. The van der Waals surface area contributed by atoms with Crippen LogP contribution in [0.3, 0.4) is 0 Å². The second-order valence-electron chi connectivity index (χ2n) is 5.48. The summed E-state index contributed by atoms with van der Waals surface area (Å²) in [6.07, 6.45) is 3.48. The van der Waals surface area contributed by atoms with Crippen molar-refractivity contribution in [2.45, 2.75) is 24.8 Å². The molecule has 0 atom stereocenters. The standard InChI is InChI=1S/C13H21N5O/c1-17(2)13(7-4-8-13)9-18(3)12(19)10-5-6-11(14)16-15-10/h5-6H,4,7-9H2,1-3H3,(H2,14,16). The minimum absolute atomic E-state index is 0.111. The number of nitrogen functional groups attached to an aromatic ring is 1. The lowest BCUT2D eigenvalue weighted by atomic mass is 9.75. The van der Waals surface area contributed by atoms with Crippen molar-refractivity contribution in [2.24, 2.45) is 0 Å². The van der Waals surface area contributed by atoms with Gasteiger partial charge in [-0.25, -0.2) is 0 Å². The van der Waals surface area contributed by atoms with Crippen LogP contribution in [0.4, 0.5) is 5.82 Å². The van der Waals surface area contributed by atoms with Gasteiger partial charge in [0.05, 0.1) is 0 Å². The average Bonchev–Trinajstić information content (AvgIpc) is 2.33. The SMILES string of the molecule is CN(CC1(N(C)C)CCC1)C(=O)c1ccc(N)nn1. The number of anilines is 1. The molecular formula is C13H21N5O. The van der Waals surface area contributed by atoms with Gasteiger partial charge >= 0.3 is 0 Å². The van der Waals surface area contributed by atoms with Crippen molar-refractivity contribution >= 4 is 11.7 Å². The molecule has 0 radical (unpaired) electrons. The molecule has 0 bridgehead atoms. The number of aromatic nitrogens is 2. The molecule has 1 aromatic heterocycles. The summed E-state index contributed by atoms with van der Waals surface area (Å²) in [7, 11) is 5.95. The van der Waals surface area contributed by atoms with Crippen LogP contribution in [0.15, 0.2) is 12.1 Å². The van der Waals surface area contributed by atoms with Gasteiger partial charge in [0.15, 0.2) is 5.69 Å². The van der Waals surface area contributed by atoms with E-state index in [0.717, 1.165) is 12.8 Å². The van der Waals surface area contributed by atoms with E-state index >= 15 is 0 Å². The molecule has 2 rings (SSSR count). The number of nitrogens with zero attached hydrogens (tertiary/aromatic N) is 4. The van der Waals surface area contributed by atoms with Crippen molar-refractivity contribution in [1.82, 2.24) is 20.0 Å². The zero-order valence-corrected chi connectivity index (χ0v) is 11.8. The molecule has 1 saturated carbocycles. The predicted molar refractivity (Wildman–Crippen MR) is 73.7 cm³/mol. The monoisotopic (exact) mass is 263 g/mol. The maximum atomic E-state index is 12.3. The second kappa shape index (κ2) is 5.13. The highest BCUT2D eigenvalue weighted by molar-refractivity contribution is 5.92. The molecule has 1 heterocycles. The van der Waals surface area contributed by atoms with Gasteiger partial charge < -0.3 is 15.5 Å². The summed E-state index contributed by atoms with van der Waals surface area (Å²) < 4.78 is 0. The molecule has 19 heavy (non-hydrogen) atoms. The highest BCUT2D eigenvalue weighted by atomic mass is 16.2. The fraction of sp³-hybridized carbons (Fsp3) is 0.615. The van der Waals surface area contributed by atoms with E-state index in [1.807, 2.05) is 7.05 Å². The van der Waals surface area contributed by atoms with Gasteiger partial charge in [-0.15, -0.1) is 10.2 Å². The number of hydrogen-bond donors (Lipinski definition) is 1. The number of carbonyl (C=O) groups is 1. The Morgan fingerprint density at radius 1 is 1.32 bits per heavy atom. The lowest BCUT2D eigenvalue weighted by Crippen LogP contribution is -2.57. The predicted octanol–water partition coefficient (Wildman–Crippen LogP) is 0.615.